The van der Waals surface area contributed by atoms with E-state index in [4.69, 9.17) is 0 Å². The molecule has 2 unspecified atom stereocenters. The van der Waals surface area contributed by atoms with E-state index < -0.39 is 0 Å². The van der Waals surface area contributed by atoms with Crippen LogP contribution in [-0.4, -0.2) is 31.6 Å². The molecule has 0 bridgehead atoms. The Morgan fingerprint density at radius 1 is 1.10 bits per heavy atom. The molecule has 1 N–H and O–H groups in total. The van der Waals surface area contributed by atoms with Crippen molar-refractivity contribution in [3.63, 3.8) is 0 Å². The second-order valence-corrected chi connectivity index (χ2v) is 6.03. The Balaban J connectivity index is 2.76. The summed E-state index contributed by atoms with van der Waals surface area (Å²) < 4.78 is 27.5. The Bertz CT molecular complexity index is 436. The summed E-state index contributed by atoms with van der Waals surface area (Å²) in [5, 5.41) is 3.30. The van der Waals surface area contributed by atoms with Crippen molar-refractivity contribution >= 4 is 0 Å². The van der Waals surface area contributed by atoms with Gasteiger partial charge in [-0.2, -0.15) is 0 Å². The van der Waals surface area contributed by atoms with E-state index in [9.17, 15) is 8.78 Å². The number of benzene rings is 1. The molecular weight excluding hydrogens is 258 g/mol. The zero-order chi connectivity index (χ0) is 15.4. The van der Waals surface area contributed by atoms with Crippen LogP contribution in [0.5, 0.6) is 0 Å². The lowest BCUT2D eigenvalue weighted by Crippen LogP contribution is -2.42. The van der Waals surface area contributed by atoms with Gasteiger partial charge in [0.15, 0.2) is 0 Å². The van der Waals surface area contributed by atoms with Gasteiger partial charge in [0.1, 0.15) is 11.6 Å². The highest BCUT2D eigenvalue weighted by molar-refractivity contribution is 5.27. The Morgan fingerprint density at radius 2 is 1.70 bits per heavy atom. The highest BCUT2D eigenvalue weighted by Gasteiger charge is 2.19. The van der Waals surface area contributed by atoms with Gasteiger partial charge in [0.2, 0.25) is 0 Å². The minimum Gasteiger partial charge on any atom is -0.309 e. The third kappa shape index (κ3) is 4.25. The molecule has 2 nitrogen and oxygen atoms in total. The summed E-state index contributed by atoms with van der Waals surface area (Å²) in [5.74, 6) is -0.220. The summed E-state index contributed by atoms with van der Waals surface area (Å²) in [5.41, 5.74) is 0.723. The van der Waals surface area contributed by atoms with Crippen molar-refractivity contribution in [2.24, 2.45) is 5.92 Å². The molecule has 0 aromatic heterocycles. The minimum absolute atomic E-state index is 0.216. The molecule has 20 heavy (non-hydrogen) atoms. The van der Waals surface area contributed by atoms with Crippen molar-refractivity contribution in [1.82, 2.24) is 10.2 Å². The predicted molar refractivity (Wildman–Crippen MR) is 79.8 cm³/mol. The molecule has 1 aromatic rings. The van der Waals surface area contributed by atoms with E-state index >= 15 is 0 Å². The maximum Gasteiger partial charge on any atom is 0.128 e. The standard InChI is InChI=1S/C16H26F2N2/c1-10(2)16(20(5)6)9-19-12(4)13-8-14(17)11(3)7-15(13)18/h7-8,10,12,16,19H,9H2,1-6H3. The van der Waals surface area contributed by atoms with Crippen molar-refractivity contribution < 1.29 is 8.78 Å². The van der Waals surface area contributed by atoms with Crippen LogP contribution in [0.15, 0.2) is 12.1 Å². The summed E-state index contributed by atoms with van der Waals surface area (Å²) in [6.07, 6.45) is 0. The van der Waals surface area contributed by atoms with Crippen LogP contribution in [-0.2, 0) is 0 Å². The average molecular weight is 284 g/mol. The van der Waals surface area contributed by atoms with Gasteiger partial charge in [0.25, 0.3) is 0 Å². The van der Waals surface area contributed by atoms with Crippen molar-refractivity contribution in [3.05, 3.63) is 34.9 Å². The number of hydrogen-bond acceptors (Lipinski definition) is 2. The third-order valence-corrected chi connectivity index (χ3v) is 3.81. The number of nitrogens with one attached hydrogen (secondary N) is 1. The van der Waals surface area contributed by atoms with Gasteiger partial charge >= 0.3 is 0 Å². The maximum absolute atomic E-state index is 13.9. The normalized spacial score (nSPS) is 14.9. The lowest BCUT2D eigenvalue weighted by Gasteiger charge is -2.29. The topological polar surface area (TPSA) is 15.3 Å². The molecule has 0 spiro atoms. The van der Waals surface area contributed by atoms with Crippen molar-refractivity contribution in [3.8, 4) is 0 Å². The first-order chi connectivity index (χ1) is 9.23. The molecule has 0 saturated carbocycles. The summed E-state index contributed by atoms with van der Waals surface area (Å²) in [6, 6.07) is 2.69. The van der Waals surface area contributed by atoms with E-state index in [1.165, 1.54) is 12.1 Å². The van der Waals surface area contributed by atoms with E-state index in [1.807, 2.05) is 21.0 Å². The van der Waals surface area contributed by atoms with Crippen LogP contribution in [0.25, 0.3) is 0 Å². The molecule has 1 aromatic carbocycles. The van der Waals surface area contributed by atoms with E-state index in [0.717, 1.165) is 6.54 Å². The number of halogens is 2. The number of rotatable bonds is 6. The highest BCUT2D eigenvalue weighted by atomic mass is 19.1. The van der Waals surface area contributed by atoms with Crippen LogP contribution in [0.3, 0.4) is 0 Å². The van der Waals surface area contributed by atoms with Gasteiger partial charge in [-0.1, -0.05) is 13.8 Å². The van der Waals surface area contributed by atoms with Crippen LogP contribution in [0.1, 0.15) is 37.9 Å². The third-order valence-electron chi connectivity index (χ3n) is 3.81. The van der Waals surface area contributed by atoms with Crippen LogP contribution in [0.2, 0.25) is 0 Å². The molecule has 0 aliphatic rings. The first-order valence-electron chi connectivity index (χ1n) is 7.09. The van der Waals surface area contributed by atoms with Gasteiger partial charge in [0, 0.05) is 24.2 Å². The summed E-state index contributed by atoms with van der Waals surface area (Å²) in [7, 11) is 4.06. The zero-order valence-corrected chi connectivity index (χ0v) is 13.3. The first-order valence-corrected chi connectivity index (χ1v) is 7.09. The molecule has 0 amide bonds. The van der Waals surface area contributed by atoms with Crippen LogP contribution in [0, 0.1) is 24.5 Å². The molecular formula is C16H26F2N2. The Hall–Kier alpha value is -1.00. The fourth-order valence-electron chi connectivity index (χ4n) is 2.42. The molecule has 0 aliphatic heterocycles. The zero-order valence-electron chi connectivity index (χ0n) is 13.3. The Labute approximate surface area is 121 Å². The largest absolute Gasteiger partial charge is 0.309 e. The van der Waals surface area contributed by atoms with E-state index in [2.05, 4.69) is 24.1 Å². The van der Waals surface area contributed by atoms with Crippen molar-refractivity contribution in [2.45, 2.75) is 39.8 Å². The second-order valence-electron chi connectivity index (χ2n) is 6.03. The van der Waals surface area contributed by atoms with Gasteiger partial charge in [-0.05, 0) is 51.6 Å². The van der Waals surface area contributed by atoms with E-state index in [0.29, 0.717) is 23.1 Å². The van der Waals surface area contributed by atoms with Crippen LogP contribution >= 0.6 is 0 Å². The lowest BCUT2D eigenvalue weighted by atomic mass is 10.0. The van der Waals surface area contributed by atoms with Gasteiger partial charge in [-0.3, -0.25) is 0 Å². The molecule has 0 radical (unpaired) electrons. The highest BCUT2D eigenvalue weighted by Crippen LogP contribution is 2.21. The van der Waals surface area contributed by atoms with Crippen LogP contribution < -0.4 is 5.32 Å². The van der Waals surface area contributed by atoms with Gasteiger partial charge in [0.05, 0.1) is 0 Å². The fourth-order valence-corrected chi connectivity index (χ4v) is 2.42. The Kier molecular flexibility index (Phi) is 6.08. The van der Waals surface area contributed by atoms with Crippen molar-refractivity contribution in [1.29, 1.82) is 0 Å². The molecule has 0 heterocycles. The van der Waals surface area contributed by atoms with E-state index in [1.54, 1.807) is 6.92 Å². The Morgan fingerprint density at radius 3 is 2.20 bits per heavy atom. The van der Waals surface area contributed by atoms with Crippen molar-refractivity contribution in [2.75, 3.05) is 20.6 Å². The minimum atomic E-state index is -0.358. The van der Waals surface area contributed by atoms with E-state index in [-0.39, 0.29) is 17.7 Å². The van der Waals surface area contributed by atoms with Crippen LogP contribution in [0.4, 0.5) is 8.78 Å². The number of likely N-dealkylation sites (N-methyl/N-ethyl adjacent to an activating group) is 1. The molecule has 4 heteroatoms. The lowest BCUT2D eigenvalue weighted by molar-refractivity contribution is 0.219. The quantitative estimate of drug-likeness (QED) is 0.860. The molecule has 0 fully saturated rings. The number of aryl methyl sites for hydroxylation is 1. The van der Waals surface area contributed by atoms with Gasteiger partial charge < -0.3 is 10.2 Å². The summed E-state index contributed by atoms with van der Waals surface area (Å²) in [4.78, 5) is 2.15. The predicted octanol–water partition coefficient (Wildman–Crippen LogP) is 3.51. The van der Waals surface area contributed by atoms with Gasteiger partial charge in [-0.25, -0.2) is 8.78 Å². The second kappa shape index (κ2) is 7.14. The van der Waals surface area contributed by atoms with Gasteiger partial charge in [-0.15, -0.1) is 0 Å². The molecule has 2 atom stereocenters. The molecule has 114 valence electrons. The average Bonchev–Trinajstić information content (AvgIpc) is 2.32. The molecule has 0 aliphatic carbocycles. The number of nitrogens with zero attached hydrogens (tertiary/aromatic N) is 1. The smallest absolute Gasteiger partial charge is 0.128 e. The fraction of sp³-hybridized carbons (Fsp3) is 0.625. The molecule has 0 saturated heterocycles. The summed E-state index contributed by atoms with van der Waals surface area (Å²) >= 11 is 0. The monoisotopic (exact) mass is 284 g/mol. The summed E-state index contributed by atoms with van der Waals surface area (Å²) in [6.45, 7) is 8.48. The molecule has 1 rings (SSSR count). The maximum atomic E-state index is 13.9. The SMILES string of the molecule is Cc1cc(F)c(C(C)NCC(C(C)C)N(C)C)cc1F. The number of hydrogen-bond donors (Lipinski definition) is 1. The first kappa shape index (κ1) is 17.1.